The summed E-state index contributed by atoms with van der Waals surface area (Å²) in [5, 5.41) is 0. The van der Waals surface area contributed by atoms with Gasteiger partial charge in [-0.1, -0.05) is 53.1 Å². The van der Waals surface area contributed by atoms with Crippen LogP contribution >= 0.6 is 0 Å². The number of hydrogen-bond acceptors (Lipinski definition) is 11. The van der Waals surface area contributed by atoms with Crippen LogP contribution in [0.3, 0.4) is 0 Å². The van der Waals surface area contributed by atoms with Crippen LogP contribution in [0.2, 0.25) is 0 Å². The quantitative estimate of drug-likeness (QED) is 0.305. The lowest BCUT2D eigenvalue weighted by molar-refractivity contribution is -0.243. The summed E-state index contributed by atoms with van der Waals surface area (Å²) in [7, 11) is -12.4. The summed E-state index contributed by atoms with van der Waals surface area (Å²) in [6.07, 6.45) is -6.74. The molecular weight excluding hydrogens is 596 g/mol. The lowest BCUT2D eigenvalue weighted by atomic mass is 10.1. The van der Waals surface area contributed by atoms with E-state index in [1.165, 1.54) is 43.5 Å². The van der Waals surface area contributed by atoms with Crippen LogP contribution in [0.1, 0.15) is 16.7 Å². The molecule has 0 aromatic heterocycles. The second kappa shape index (κ2) is 12.3. The molecular formula is C27H30O11S3. The molecule has 4 atom stereocenters. The third-order valence-corrected chi connectivity index (χ3v) is 10.3. The summed E-state index contributed by atoms with van der Waals surface area (Å²) >= 11 is 0. The second-order valence-corrected chi connectivity index (χ2v) is 14.2. The SMILES string of the molecule is CO[C@@H]1OC[C@@H](OS(=O)(=O)c2ccc(C)cc2)[C@H](OS(=O)(=O)c2ccc(C)cc2)[C@H]1OS(=O)(=O)c1ccc(C)cc1. The van der Waals surface area contributed by atoms with E-state index in [2.05, 4.69) is 0 Å². The van der Waals surface area contributed by atoms with E-state index in [1.54, 1.807) is 57.2 Å². The van der Waals surface area contributed by atoms with Crippen molar-refractivity contribution in [1.29, 1.82) is 0 Å². The van der Waals surface area contributed by atoms with E-state index in [1.807, 2.05) is 0 Å². The smallest absolute Gasteiger partial charge is 0.297 e. The van der Waals surface area contributed by atoms with Gasteiger partial charge in [-0.15, -0.1) is 0 Å². The first-order chi connectivity index (χ1) is 19.2. The van der Waals surface area contributed by atoms with Gasteiger partial charge in [0.15, 0.2) is 12.4 Å². The minimum absolute atomic E-state index is 0.207. The van der Waals surface area contributed by atoms with Gasteiger partial charge in [0.2, 0.25) is 0 Å². The largest absolute Gasteiger partial charge is 0.353 e. The number of ether oxygens (including phenoxy) is 2. The van der Waals surface area contributed by atoms with Crippen LogP contribution in [0.15, 0.2) is 87.5 Å². The van der Waals surface area contributed by atoms with Crippen molar-refractivity contribution in [3.63, 3.8) is 0 Å². The van der Waals surface area contributed by atoms with Crippen molar-refractivity contribution in [2.75, 3.05) is 13.7 Å². The van der Waals surface area contributed by atoms with E-state index in [9.17, 15) is 25.3 Å². The van der Waals surface area contributed by atoms with E-state index in [0.29, 0.717) is 0 Å². The minimum atomic E-state index is -4.59. The van der Waals surface area contributed by atoms with Crippen LogP contribution in [-0.4, -0.2) is 63.6 Å². The Hall–Kier alpha value is -2.69. The van der Waals surface area contributed by atoms with Crippen LogP contribution in [-0.2, 0) is 52.4 Å². The maximum atomic E-state index is 13.3. The number of benzene rings is 3. The fourth-order valence-electron chi connectivity index (χ4n) is 3.98. The second-order valence-electron chi connectivity index (χ2n) is 9.50. The van der Waals surface area contributed by atoms with Gasteiger partial charge in [0.1, 0.15) is 12.2 Å². The molecule has 0 amide bonds. The minimum Gasteiger partial charge on any atom is -0.353 e. The first-order valence-electron chi connectivity index (χ1n) is 12.4. The Morgan fingerprint density at radius 1 is 0.561 bits per heavy atom. The molecule has 1 fully saturated rings. The van der Waals surface area contributed by atoms with Gasteiger partial charge in [-0.2, -0.15) is 25.3 Å². The summed E-state index contributed by atoms with van der Waals surface area (Å²) in [6, 6.07) is 17.2. The van der Waals surface area contributed by atoms with Crippen LogP contribution in [0.25, 0.3) is 0 Å². The zero-order chi connectivity index (χ0) is 30.0. The van der Waals surface area contributed by atoms with Crippen molar-refractivity contribution in [1.82, 2.24) is 0 Å². The molecule has 0 bridgehead atoms. The molecule has 3 aromatic rings. The lowest BCUT2D eigenvalue weighted by Gasteiger charge is -2.39. The van der Waals surface area contributed by atoms with Gasteiger partial charge in [0, 0.05) is 7.11 Å². The first-order valence-corrected chi connectivity index (χ1v) is 16.6. The van der Waals surface area contributed by atoms with Gasteiger partial charge >= 0.3 is 0 Å². The molecule has 1 saturated heterocycles. The molecule has 0 radical (unpaired) electrons. The molecule has 14 heteroatoms. The standard InChI is InChI=1S/C27H30O11S3/c1-18-5-11-21(12-6-18)39(28,29)36-24-17-35-27(34-4)26(38-41(32,33)23-15-9-20(3)10-16-23)25(24)37-40(30,31)22-13-7-19(2)8-14-22/h5-16,24-27H,17H2,1-4H3/t24-,25+,26-,27-/m1/s1. The number of methoxy groups -OCH3 is 1. The van der Waals surface area contributed by atoms with Gasteiger partial charge < -0.3 is 9.47 Å². The molecule has 0 unspecified atom stereocenters. The zero-order valence-corrected chi connectivity index (χ0v) is 25.1. The Morgan fingerprint density at radius 2 is 0.902 bits per heavy atom. The van der Waals surface area contributed by atoms with E-state index >= 15 is 0 Å². The monoisotopic (exact) mass is 626 g/mol. The molecule has 1 aliphatic heterocycles. The fourth-order valence-corrected chi connectivity index (χ4v) is 7.23. The third kappa shape index (κ3) is 7.40. The van der Waals surface area contributed by atoms with Gasteiger partial charge in [-0.05, 0) is 57.2 Å². The van der Waals surface area contributed by atoms with E-state index in [0.717, 1.165) is 16.7 Å². The third-order valence-electron chi connectivity index (χ3n) is 6.27. The van der Waals surface area contributed by atoms with Crippen LogP contribution < -0.4 is 0 Å². The van der Waals surface area contributed by atoms with Gasteiger partial charge in [0.25, 0.3) is 30.4 Å². The highest BCUT2D eigenvalue weighted by atomic mass is 32.2. The molecule has 41 heavy (non-hydrogen) atoms. The maximum Gasteiger partial charge on any atom is 0.297 e. The Morgan fingerprint density at radius 3 is 1.27 bits per heavy atom. The summed E-state index contributed by atoms with van der Waals surface area (Å²) in [5.74, 6) is 0. The average molecular weight is 627 g/mol. The molecule has 222 valence electrons. The average Bonchev–Trinajstić information content (AvgIpc) is 2.91. The summed E-state index contributed by atoms with van der Waals surface area (Å²) in [6.45, 7) is 4.78. The number of rotatable bonds is 10. The van der Waals surface area contributed by atoms with Crippen molar-refractivity contribution >= 4 is 30.4 Å². The molecule has 1 heterocycles. The highest BCUT2D eigenvalue weighted by molar-refractivity contribution is 7.87. The summed E-state index contributed by atoms with van der Waals surface area (Å²) in [4.78, 5) is -0.681. The molecule has 0 saturated carbocycles. The Balaban J connectivity index is 1.75. The van der Waals surface area contributed by atoms with Crippen LogP contribution in [0.4, 0.5) is 0 Å². The van der Waals surface area contributed by atoms with Gasteiger partial charge in [-0.25, -0.2) is 0 Å². The zero-order valence-electron chi connectivity index (χ0n) is 22.7. The first kappa shape index (κ1) is 31.3. The molecule has 0 aliphatic carbocycles. The van der Waals surface area contributed by atoms with Crippen LogP contribution in [0.5, 0.6) is 0 Å². The summed E-state index contributed by atoms with van der Waals surface area (Å²) < 4.78 is 107. The van der Waals surface area contributed by atoms with E-state index in [-0.39, 0.29) is 14.7 Å². The highest BCUT2D eigenvalue weighted by Crippen LogP contribution is 2.32. The van der Waals surface area contributed by atoms with Gasteiger partial charge in [-0.3, -0.25) is 12.5 Å². The molecule has 1 aliphatic rings. The number of aryl methyl sites for hydroxylation is 3. The van der Waals surface area contributed by atoms with Crippen molar-refractivity contribution in [3.05, 3.63) is 89.5 Å². The molecule has 0 N–H and O–H groups in total. The maximum absolute atomic E-state index is 13.3. The van der Waals surface area contributed by atoms with Crippen molar-refractivity contribution in [3.8, 4) is 0 Å². The topological polar surface area (TPSA) is 149 Å². The Kier molecular flexibility index (Phi) is 9.35. The van der Waals surface area contributed by atoms with Gasteiger partial charge in [0.05, 0.1) is 21.3 Å². The lowest BCUT2D eigenvalue weighted by Crippen LogP contribution is -2.58. The van der Waals surface area contributed by atoms with Crippen molar-refractivity contribution in [2.24, 2.45) is 0 Å². The number of hydrogen-bond donors (Lipinski definition) is 0. The normalized spacial score (nSPS) is 22.0. The fraction of sp³-hybridized carbons (Fsp3) is 0.333. The van der Waals surface area contributed by atoms with E-state index in [4.69, 9.17) is 22.0 Å². The van der Waals surface area contributed by atoms with Crippen molar-refractivity contribution in [2.45, 2.75) is 60.1 Å². The van der Waals surface area contributed by atoms with Crippen LogP contribution in [0, 0.1) is 20.8 Å². The van der Waals surface area contributed by atoms with Crippen molar-refractivity contribution < 1.29 is 47.3 Å². The summed E-state index contributed by atoms with van der Waals surface area (Å²) in [5.41, 5.74) is 2.37. The molecule has 11 nitrogen and oxygen atoms in total. The predicted molar refractivity (Wildman–Crippen MR) is 146 cm³/mol. The highest BCUT2D eigenvalue weighted by Gasteiger charge is 2.50. The Labute approximate surface area is 240 Å². The molecule has 4 rings (SSSR count). The molecule has 0 spiro atoms. The van der Waals surface area contributed by atoms with E-state index < -0.39 is 61.6 Å². The predicted octanol–water partition coefficient (Wildman–Crippen LogP) is 3.24. The Bertz CT molecular complexity index is 1670. The molecule has 3 aromatic carbocycles.